The fourth-order valence-electron chi connectivity index (χ4n) is 4.05. The van der Waals surface area contributed by atoms with Crippen molar-refractivity contribution in [3.05, 3.63) is 35.9 Å². The van der Waals surface area contributed by atoms with Crippen LogP contribution in [-0.2, 0) is 30.3 Å². The number of carbonyl (C=O) groups excluding carboxylic acids is 1. The number of carboxylic acid groups (broad SMARTS) is 2. The molecule has 1 amide bonds. The molecule has 0 radical (unpaired) electrons. The van der Waals surface area contributed by atoms with E-state index in [2.05, 4.69) is 5.32 Å². The lowest BCUT2D eigenvalue weighted by molar-refractivity contribution is -0.149. The normalized spacial score (nSPS) is 24.0. The van der Waals surface area contributed by atoms with Crippen LogP contribution in [0.15, 0.2) is 30.3 Å². The summed E-state index contributed by atoms with van der Waals surface area (Å²) in [5.74, 6) is -2.80. The molecule has 9 nitrogen and oxygen atoms in total. The van der Waals surface area contributed by atoms with Crippen molar-refractivity contribution in [1.29, 1.82) is 0 Å². The summed E-state index contributed by atoms with van der Waals surface area (Å²) in [4.78, 5) is 37.7. The van der Waals surface area contributed by atoms with Gasteiger partial charge in [0.05, 0.1) is 19.3 Å². The molecule has 2 heterocycles. The largest absolute Gasteiger partial charge is 0.480 e. The third-order valence-electron chi connectivity index (χ3n) is 5.62. The zero-order valence-corrected chi connectivity index (χ0v) is 16.9. The molecule has 2 fully saturated rings. The van der Waals surface area contributed by atoms with Gasteiger partial charge < -0.3 is 24.6 Å². The van der Waals surface area contributed by atoms with Gasteiger partial charge in [-0.15, -0.1) is 0 Å². The zero-order chi connectivity index (χ0) is 21.7. The molecular weight excluding hydrogens is 392 g/mol. The van der Waals surface area contributed by atoms with Gasteiger partial charge in [0.25, 0.3) is 0 Å². The Morgan fingerprint density at radius 1 is 1.17 bits per heavy atom. The highest BCUT2D eigenvalue weighted by Gasteiger charge is 2.45. The van der Waals surface area contributed by atoms with Crippen LogP contribution in [0.2, 0.25) is 0 Å². The van der Waals surface area contributed by atoms with E-state index in [1.807, 2.05) is 30.3 Å². The number of nitrogens with one attached hydrogen (secondary N) is 1. The second-order valence-electron chi connectivity index (χ2n) is 7.75. The van der Waals surface area contributed by atoms with Crippen molar-refractivity contribution < 1.29 is 34.1 Å². The monoisotopic (exact) mass is 420 g/mol. The minimum Gasteiger partial charge on any atom is -0.480 e. The number of amides is 1. The van der Waals surface area contributed by atoms with Gasteiger partial charge in [0.15, 0.2) is 6.29 Å². The van der Waals surface area contributed by atoms with Gasteiger partial charge in [-0.25, -0.2) is 4.79 Å². The van der Waals surface area contributed by atoms with Crippen molar-refractivity contribution in [1.82, 2.24) is 10.2 Å². The molecule has 2 aliphatic heterocycles. The molecule has 3 unspecified atom stereocenters. The third kappa shape index (κ3) is 5.35. The maximum atomic E-state index is 13.0. The molecule has 0 saturated carbocycles. The van der Waals surface area contributed by atoms with Crippen LogP contribution >= 0.6 is 0 Å². The number of aryl methyl sites for hydroxylation is 1. The number of aliphatic carboxylic acids is 2. The van der Waals surface area contributed by atoms with Crippen LogP contribution in [0.25, 0.3) is 0 Å². The summed E-state index contributed by atoms with van der Waals surface area (Å²) >= 11 is 0. The number of likely N-dealkylation sites (tertiary alicyclic amines) is 1. The fraction of sp³-hybridized carbons (Fsp3) is 0.571. The number of carboxylic acids is 2. The summed E-state index contributed by atoms with van der Waals surface area (Å²) in [7, 11) is 0. The van der Waals surface area contributed by atoms with E-state index < -0.39 is 42.3 Å². The van der Waals surface area contributed by atoms with Crippen molar-refractivity contribution in [2.24, 2.45) is 5.92 Å². The Morgan fingerprint density at radius 2 is 1.83 bits per heavy atom. The average molecular weight is 420 g/mol. The van der Waals surface area contributed by atoms with E-state index in [9.17, 15) is 24.6 Å². The minimum atomic E-state index is -1.09. The van der Waals surface area contributed by atoms with E-state index in [0.717, 1.165) is 5.56 Å². The number of hydrogen-bond acceptors (Lipinski definition) is 6. The van der Waals surface area contributed by atoms with E-state index in [4.69, 9.17) is 9.47 Å². The van der Waals surface area contributed by atoms with E-state index in [0.29, 0.717) is 26.1 Å². The van der Waals surface area contributed by atoms with Gasteiger partial charge in [-0.05, 0) is 31.7 Å². The van der Waals surface area contributed by atoms with Crippen LogP contribution in [0.4, 0.5) is 0 Å². The second kappa shape index (κ2) is 10.0. The number of hydrogen-bond donors (Lipinski definition) is 3. The molecule has 0 spiro atoms. The zero-order valence-electron chi connectivity index (χ0n) is 16.9. The number of benzene rings is 1. The lowest BCUT2D eigenvalue weighted by atomic mass is 10.0. The predicted molar refractivity (Wildman–Crippen MR) is 106 cm³/mol. The highest BCUT2D eigenvalue weighted by Crippen LogP contribution is 2.30. The smallest absolute Gasteiger partial charge is 0.326 e. The summed E-state index contributed by atoms with van der Waals surface area (Å²) in [5.41, 5.74) is 1.01. The molecule has 1 aromatic rings. The summed E-state index contributed by atoms with van der Waals surface area (Å²) in [6, 6.07) is 6.76. The fourth-order valence-corrected chi connectivity index (χ4v) is 4.05. The Balaban J connectivity index is 1.61. The van der Waals surface area contributed by atoms with Gasteiger partial charge in [0, 0.05) is 12.5 Å². The number of nitrogens with zero attached hydrogens (tertiary/aromatic N) is 1. The van der Waals surface area contributed by atoms with Crippen molar-refractivity contribution in [3.8, 4) is 0 Å². The molecule has 3 N–H and O–H groups in total. The molecule has 0 aliphatic carbocycles. The molecule has 2 saturated heterocycles. The molecule has 2 aliphatic rings. The van der Waals surface area contributed by atoms with Crippen molar-refractivity contribution >= 4 is 17.8 Å². The van der Waals surface area contributed by atoms with Gasteiger partial charge in [0.2, 0.25) is 5.91 Å². The summed E-state index contributed by atoms with van der Waals surface area (Å²) in [6.07, 6.45) is 0.595. The van der Waals surface area contributed by atoms with Gasteiger partial charge >= 0.3 is 11.9 Å². The van der Waals surface area contributed by atoms with Gasteiger partial charge in [-0.2, -0.15) is 0 Å². The van der Waals surface area contributed by atoms with Crippen LogP contribution < -0.4 is 5.32 Å². The molecule has 9 heteroatoms. The summed E-state index contributed by atoms with van der Waals surface area (Å²) in [5, 5.41) is 22.0. The number of carbonyl (C=O) groups is 3. The molecule has 3 rings (SSSR count). The third-order valence-corrected chi connectivity index (χ3v) is 5.62. The topological polar surface area (TPSA) is 125 Å². The maximum absolute atomic E-state index is 13.0. The highest BCUT2D eigenvalue weighted by molar-refractivity contribution is 5.88. The molecule has 30 heavy (non-hydrogen) atoms. The molecule has 164 valence electrons. The first-order valence-electron chi connectivity index (χ1n) is 10.2. The summed E-state index contributed by atoms with van der Waals surface area (Å²) in [6.45, 7) is 2.67. The van der Waals surface area contributed by atoms with E-state index in [1.165, 1.54) is 4.90 Å². The van der Waals surface area contributed by atoms with Crippen molar-refractivity contribution in [2.75, 3.05) is 19.8 Å². The van der Waals surface area contributed by atoms with Crippen LogP contribution in [0.1, 0.15) is 25.3 Å². The van der Waals surface area contributed by atoms with Crippen molar-refractivity contribution in [2.45, 2.75) is 50.6 Å². The Morgan fingerprint density at radius 3 is 2.43 bits per heavy atom. The first-order valence-corrected chi connectivity index (χ1v) is 10.2. The van der Waals surface area contributed by atoms with Gasteiger partial charge in [-0.3, -0.25) is 14.9 Å². The predicted octanol–water partition coefficient (Wildman–Crippen LogP) is 0.725. The molecule has 4 atom stereocenters. The molecular formula is C21H28N2O7. The van der Waals surface area contributed by atoms with Crippen LogP contribution in [0.5, 0.6) is 0 Å². The average Bonchev–Trinajstić information content (AvgIpc) is 3.40. The first-order chi connectivity index (χ1) is 14.4. The quantitative estimate of drug-likeness (QED) is 0.534. The van der Waals surface area contributed by atoms with Gasteiger partial charge in [0.1, 0.15) is 12.1 Å². The van der Waals surface area contributed by atoms with E-state index in [1.54, 1.807) is 6.92 Å². The SMILES string of the molecule is C[C@H](NC(CCc1ccccc1)C(=O)O)C(=O)N1CC(C2OCCO2)CC1C(=O)O. The Labute approximate surface area is 175 Å². The standard InChI is InChI=1S/C21H28N2O7/c1-13(22-16(19(25)26)8-7-14-5-3-2-4-6-14)18(24)23-12-15(11-17(23)20(27)28)21-29-9-10-30-21/h2-6,13,15-17,21-22H,7-12H2,1H3,(H,25,26)(H,27,28)/t13-,15?,16?,17?/m0/s1. The Bertz CT molecular complexity index is 751. The minimum absolute atomic E-state index is 0.203. The number of ether oxygens (including phenoxy) is 2. The Kier molecular flexibility index (Phi) is 7.41. The van der Waals surface area contributed by atoms with E-state index in [-0.39, 0.29) is 18.9 Å². The molecule has 0 aromatic heterocycles. The van der Waals surface area contributed by atoms with E-state index >= 15 is 0 Å². The van der Waals surface area contributed by atoms with Gasteiger partial charge in [-0.1, -0.05) is 30.3 Å². The van der Waals surface area contributed by atoms with Crippen LogP contribution in [0.3, 0.4) is 0 Å². The summed E-state index contributed by atoms with van der Waals surface area (Å²) < 4.78 is 11.0. The lowest BCUT2D eigenvalue weighted by Crippen LogP contribution is -2.53. The first kappa shape index (κ1) is 22.2. The molecule has 1 aromatic carbocycles. The number of rotatable bonds is 9. The lowest BCUT2D eigenvalue weighted by Gasteiger charge is -2.27. The van der Waals surface area contributed by atoms with Crippen LogP contribution in [0, 0.1) is 5.92 Å². The highest BCUT2D eigenvalue weighted by atomic mass is 16.7. The Hall–Kier alpha value is -2.49. The van der Waals surface area contributed by atoms with Crippen molar-refractivity contribution in [3.63, 3.8) is 0 Å². The maximum Gasteiger partial charge on any atom is 0.326 e. The van der Waals surface area contributed by atoms with Crippen LogP contribution in [-0.4, -0.2) is 77.1 Å². The second-order valence-corrected chi connectivity index (χ2v) is 7.75. The molecule has 0 bridgehead atoms.